The van der Waals surface area contributed by atoms with E-state index in [1.54, 1.807) is 34.8 Å². The Hall–Kier alpha value is -2.32. The van der Waals surface area contributed by atoms with Crippen LogP contribution in [-0.2, 0) is 25.4 Å². The molecule has 2 rings (SSSR count). The number of nitrogens with zero attached hydrogens (tertiary/aromatic N) is 1. The zero-order valence-electron chi connectivity index (χ0n) is 20.0. The van der Waals surface area contributed by atoms with Crippen LogP contribution in [0.5, 0.6) is 5.75 Å². The molecule has 1 aliphatic heterocycles. The van der Waals surface area contributed by atoms with Crippen molar-refractivity contribution in [2.24, 2.45) is 5.92 Å². The van der Waals surface area contributed by atoms with Crippen LogP contribution in [0.2, 0.25) is 0 Å². The van der Waals surface area contributed by atoms with Gasteiger partial charge in [0.05, 0.1) is 13.2 Å². The minimum atomic E-state index is -0.848. The average molecular weight is 452 g/mol. The van der Waals surface area contributed by atoms with Gasteiger partial charge in [0.25, 0.3) is 0 Å². The van der Waals surface area contributed by atoms with Crippen LogP contribution in [-0.4, -0.2) is 66.9 Å². The molecular weight excluding hydrogens is 414 g/mol. The number of methoxy groups -OCH3 is 2. The van der Waals surface area contributed by atoms with E-state index in [4.69, 9.17) is 18.9 Å². The highest BCUT2D eigenvalue weighted by Crippen LogP contribution is 2.27. The summed E-state index contributed by atoms with van der Waals surface area (Å²) in [4.78, 5) is 26.9. The molecule has 1 aromatic carbocycles. The summed E-state index contributed by atoms with van der Waals surface area (Å²) in [6, 6.07) is 6.87. The van der Waals surface area contributed by atoms with Crippen molar-refractivity contribution in [1.29, 1.82) is 0 Å². The van der Waals surface area contributed by atoms with E-state index in [-0.39, 0.29) is 12.6 Å². The van der Waals surface area contributed by atoms with Crippen molar-refractivity contribution in [3.05, 3.63) is 29.8 Å². The van der Waals surface area contributed by atoms with Crippen LogP contribution >= 0.6 is 0 Å². The number of carbonyl (C=O) groups is 2. The maximum atomic E-state index is 12.9. The number of hydrogen-bond acceptors (Lipinski definition) is 7. The number of aliphatic hydroxyl groups is 1. The van der Waals surface area contributed by atoms with Gasteiger partial charge in [-0.2, -0.15) is 0 Å². The van der Waals surface area contributed by atoms with E-state index < -0.39 is 35.9 Å². The normalized spacial score (nSPS) is 24.5. The summed E-state index contributed by atoms with van der Waals surface area (Å²) in [5.41, 5.74) is 0.359. The summed E-state index contributed by atoms with van der Waals surface area (Å²) in [7, 11) is 3.07. The van der Waals surface area contributed by atoms with Gasteiger partial charge in [-0.15, -0.1) is 0 Å². The van der Waals surface area contributed by atoms with Gasteiger partial charge in [-0.25, -0.2) is 9.59 Å². The third-order valence-corrected chi connectivity index (χ3v) is 5.52. The predicted molar refractivity (Wildman–Crippen MR) is 119 cm³/mol. The Balaban J connectivity index is 2.17. The van der Waals surface area contributed by atoms with Gasteiger partial charge < -0.3 is 24.1 Å². The fraction of sp³-hybridized carbons (Fsp3) is 0.667. The second kappa shape index (κ2) is 11.5. The summed E-state index contributed by atoms with van der Waals surface area (Å²) in [5, 5.41) is 10.9. The number of rotatable bonds is 6. The summed E-state index contributed by atoms with van der Waals surface area (Å²) < 4.78 is 21.4. The molecule has 0 bridgehead atoms. The number of cyclic esters (lactones) is 1. The van der Waals surface area contributed by atoms with Crippen LogP contribution in [0.15, 0.2) is 24.3 Å². The summed E-state index contributed by atoms with van der Waals surface area (Å²) in [6.45, 7) is 6.87. The number of carbonyl (C=O) groups excluding carboxylic acids is 2. The van der Waals surface area contributed by atoms with Crippen LogP contribution in [0.4, 0.5) is 4.79 Å². The molecule has 1 fully saturated rings. The van der Waals surface area contributed by atoms with E-state index in [0.29, 0.717) is 25.7 Å². The molecule has 0 radical (unpaired) electrons. The van der Waals surface area contributed by atoms with Gasteiger partial charge in [0.15, 0.2) is 0 Å². The molecule has 32 heavy (non-hydrogen) atoms. The molecule has 0 aliphatic carbocycles. The van der Waals surface area contributed by atoms with E-state index in [9.17, 15) is 14.7 Å². The van der Waals surface area contributed by atoms with Crippen molar-refractivity contribution in [1.82, 2.24) is 4.90 Å². The van der Waals surface area contributed by atoms with Gasteiger partial charge in [-0.1, -0.05) is 18.6 Å². The van der Waals surface area contributed by atoms with Gasteiger partial charge in [-0.3, -0.25) is 4.90 Å². The Morgan fingerprint density at radius 3 is 2.41 bits per heavy atom. The molecule has 1 aromatic rings. The first-order valence-corrected chi connectivity index (χ1v) is 11.1. The van der Waals surface area contributed by atoms with Crippen molar-refractivity contribution in [3.8, 4) is 5.75 Å². The van der Waals surface area contributed by atoms with E-state index >= 15 is 0 Å². The highest BCUT2D eigenvalue weighted by atomic mass is 16.6. The Labute approximate surface area is 190 Å². The molecule has 0 aromatic heterocycles. The quantitative estimate of drug-likeness (QED) is 0.522. The number of hydrogen-bond donors (Lipinski definition) is 1. The van der Waals surface area contributed by atoms with Crippen molar-refractivity contribution in [2.75, 3.05) is 21.0 Å². The lowest BCUT2D eigenvalue weighted by atomic mass is 9.87. The monoisotopic (exact) mass is 451 g/mol. The van der Waals surface area contributed by atoms with Gasteiger partial charge in [0, 0.05) is 7.11 Å². The second-order valence-corrected chi connectivity index (χ2v) is 9.26. The van der Waals surface area contributed by atoms with Crippen LogP contribution in [0.25, 0.3) is 0 Å². The van der Waals surface area contributed by atoms with Crippen molar-refractivity contribution in [2.45, 2.75) is 77.2 Å². The fourth-order valence-electron chi connectivity index (χ4n) is 3.88. The molecule has 1 heterocycles. The number of benzene rings is 1. The second-order valence-electron chi connectivity index (χ2n) is 9.26. The first-order valence-electron chi connectivity index (χ1n) is 11.1. The van der Waals surface area contributed by atoms with Gasteiger partial charge >= 0.3 is 12.1 Å². The molecule has 0 spiro atoms. The predicted octanol–water partition coefficient (Wildman–Crippen LogP) is 3.54. The molecule has 0 unspecified atom stereocenters. The molecule has 0 saturated carbocycles. The van der Waals surface area contributed by atoms with Crippen LogP contribution in [0, 0.1) is 5.92 Å². The molecule has 1 N–H and O–H groups in total. The van der Waals surface area contributed by atoms with Crippen molar-refractivity contribution < 1.29 is 33.6 Å². The maximum absolute atomic E-state index is 12.9. The molecule has 8 nitrogen and oxygen atoms in total. The Bertz CT molecular complexity index is 744. The largest absolute Gasteiger partial charge is 0.497 e. The number of esters is 1. The third-order valence-electron chi connectivity index (χ3n) is 5.52. The van der Waals surface area contributed by atoms with E-state index in [1.165, 1.54) is 12.0 Å². The Morgan fingerprint density at radius 2 is 1.84 bits per heavy atom. The maximum Gasteiger partial charge on any atom is 0.412 e. The molecule has 4 atom stereocenters. The molecule has 180 valence electrons. The third kappa shape index (κ3) is 7.38. The zero-order chi connectivity index (χ0) is 23.9. The Morgan fingerprint density at radius 1 is 1.19 bits per heavy atom. The van der Waals surface area contributed by atoms with E-state index in [0.717, 1.165) is 11.3 Å². The highest BCUT2D eigenvalue weighted by molar-refractivity contribution is 5.81. The van der Waals surface area contributed by atoms with E-state index in [1.807, 2.05) is 24.3 Å². The number of aliphatic hydroxyl groups excluding tert-OH is 1. The fourth-order valence-corrected chi connectivity index (χ4v) is 3.88. The standard InChI is InChI=1S/C24H37NO7/c1-16-21(26)18(14-17-10-12-19(30-6)13-11-17)8-7-9-20(22(27)31-16)25(15-29-5)23(28)32-24(2,3)4/h10-13,16,18,20-21,26H,7-9,14-15H2,1-6H3/t16-,18+,20-,21-/m0/s1. The summed E-state index contributed by atoms with van der Waals surface area (Å²) in [6.07, 6.45) is 0.175. The lowest BCUT2D eigenvalue weighted by Gasteiger charge is -2.32. The Kier molecular flexibility index (Phi) is 9.33. The van der Waals surface area contributed by atoms with Crippen LogP contribution in [0.3, 0.4) is 0 Å². The number of ether oxygens (including phenoxy) is 4. The number of amides is 1. The van der Waals surface area contributed by atoms with Crippen LogP contribution in [0.1, 0.15) is 52.5 Å². The topological polar surface area (TPSA) is 94.5 Å². The minimum absolute atomic E-state index is 0.0950. The highest BCUT2D eigenvalue weighted by Gasteiger charge is 2.38. The minimum Gasteiger partial charge on any atom is -0.497 e. The first kappa shape index (κ1) is 25.9. The zero-order valence-corrected chi connectivity index (χ0v) is 20.0. The summed E-state index contributed by atoms with van der Waals surface area (Å²) >= 11 is 0. The van der Waals surface area contributed by atoms with Crippen LogP contribution < -0.4 is 4.74 Å². The molecule has 1 aliphatic rings. The smallest absolute Gasteiger partial charge is 0.412 e. The van der Waals surface area contributed by atoms with Gasteiger partial charge in [0.2, 0.25) is 0 Å². The van der Waals surface area contributed by atoms with Gasteiger partial charge in [-0.05, 0) is 70.6 Å². The SMILES string of the molecule is COCN(C(=O)OC(C)(C)C)[C@H]1CCC[C@H](Cc2ccc(OC)cc2)[C@@H](O)[C@H](C)OC1=O. The van der Waals surface area contributed by atoms with Gasteiger partial charge in [0.1, 0.15) is 30.2 Å². The van der Waals surface area contributed by atoms with Crippen molar-refractivity contribution >= 4 is 12.1 Å². The van der Waals surface area contributed by atoms with Crippen molar-refractivity contribution in [3.63, 3.8) is 0 Å². The average Bonchev–Trinajstić information content (AvgIpc) is 2.77. The lowest BCUT2D eigenvalue weighted by Crippen LogP contribution is -2.49. The lowest BCUT2D eigenvalue weighted by molar-refractivity contribution is -0.162. The molecule has 1 saturated heterocycles. The van der Waals surface area contributed by atoms with E-state index in [2.05, 4.69) is 0 Å². The summed E-state index contributed by atoms with van der Waals surface area (Å²) in [5.74, 6) is 0.112. The first-order chi connectivity index (χ1) is 15.1. The molecule has 8 heteroatoms. The molecule has 1 amide bonds. The molecular formula is C24H37NO7.